The minimum absolute atomic E-state index is 0.0129. The van der Waals surface area contributed by atoms with Crippen molar-refractivity contribution in [3.05, 3.63) is 29.8 Å². The van der Waals surface area contributed by atoms with Gasteiger partial charge in [-0.15, -0.1) is 0 Å². The van der Waals surface area contributed by atoms with Gasteiger partial charge in [-0.25, -0.2) is 0 Å². The van der Waals surface area contributed by atoms with E-state index in [1.807, 2.05) is 36.1 Å². The molecule has 1 aromatic carbocycles. The van der Waals surface area contributed by atoms with E-state index in [2.05, 4.69) is 13.8 Å². The van der Waals surface area contributed by atoms with Crippen molar-refractivity contribution in [1.29, 1.82) is 0 Å². The van der Waals surface area contributed by atoms with Gasteiger partial charge in [-0.05, 0) is 56.2 Å². The fourth-order valence-corrected chi connectivity index (χ4v) is 4.06. The highest BCUT2D eigenvalue weighted by Gasteiger charge is 2.35. The van der Waals surface area contributed by atoms with Crippen molar-refractivity contribution in [2.75, 3.05) is 33.0 Å². The smallest absolute Gasteiger partial charge is 0.228 e. The summed E-state index contributed by atoms with van der Waals surface area (Å²) in [6.45, 7) is 8.21. The molecule has 1 saturated heterocycles. The summed E-state index contributed by atoms with van der Waals surface area (Å²) in [5, 5.41) is 19.3. The maximum Gasteiger partial charge on any atom is 0.228 e. The second-order valence-corrected chi connectivity index (χ2v) is 8.44. The van der Waals surface area contributed by atoms with E-state index >= 15 is 0 Å². The molecule has 2 rings (SSSR count). The average molecular weight is 439 g/mol. The van der Waals surface area contributed by atoms with Crippen molar-refractivity contribution in [3.8, 4) is 5.75 Å². The largest absolute Gasteiger partial charge is 0.494 e. The molecule has 3 N–H and O–H groups in total. The van der Waals surface area contributed by atoms with Crippen LogP contribution in [0, 0.1) is 11.8 Å². The third-order valence-electron chi connectivity index (χ3n) is 5.57. The second kappa shape index (κ2) is 13.6. The van der Waals surface area contributed by atoms with Crippen molar-refractivity contribution in [2.45, 2.75) is 58.6 Å². The van der Waals surface area contributed by atoms with Gasteiger partial charge in [-0.1, -0.05) is 31.6 Å². The summed E-state index contributed by atoms with van der Waals surface area (Å²) >= 11 is 0. The number of amides is 1. The SMILES string of the molecule is CCOc1ccc(CCC[C@@H](C(=O)N2CCOC[C@@H]2CC(C)C)[C@H](O)CONO)cc1. The molecule has 3 atom stereocenters. The lowest BCUT2D eigenvalue weighted by Crippen LogP contribution is -2.53. The summed E-state index contributed by atoms with van der Waals surface area (Å²) < 4.78 is 11.1. The Morgan fingerprint density at radius 3 is 2.71 bits per heavy atom. The second-order valence-electron chi connectivity index (χ2n) is 8.44. The first-order chi connectivity index (χ1) is 15.0. The van der Waals surface area contributed by atoms with Gasteiger partial charge in [0.2, 0.25) is 5.91 Å². The van der Waals surface area contributed by atoms with Crippen LogP contribution in [0.4, 0.5) is 0 Å². The van der Waals surface area contributed by atoms with E-state index in [1.165, 1.54) is 0 Å². The van der Waals surface area contributed by atoms with Crippen LogP contribution in [0.25, 0.3) is 0 Å². The minimum atomic E-state index is -1.02. The van der Waals surface area contributed by atoms with Gasteiger partial charge < -0.3 is 19.5 Å². The van der Waals surface area contributed by atoms with Crippen molar-refractivity contribution in [2.24, 2.45) is 11.8 Å². The molecule has 1 amide bonds. The lowest BCUT2D eigenvalue weighted by molar-refractivity contribution is -0.166. The first-order valence-corrected chi connectivity index (χ1v) is 11.2. The molecule has 0 spiro atoms. The van der Waals surface area contributed by atoms with E-state index < -0.39 is 12.0 Å². The molecule has 1 aromatic rings. The van der Waals surface area contributed by atoms with Gasteiger partial charge in [0.1, 0.15) is 5.75 Å². The number of rotatable bonds is 13. The summed E-state index contributed by atoms with van der Waals surface area (Å²) in [6, 6.07) is 7.96. The van der Waals surface area contributed by atoms with E-state index in [9.17, 15) is 9.90 Å². The minimum Gasteiger partial charge on any atom is -0.494 e. The van der Waals surface area contributed by atoms with Crippen LogP contribution in [-0.2, 0) is 20.8 Å². The predicted molar refractivity (Wildman–Crippen MR) is 117 cm³/mol. The lowest BCUT2D eigenvalue weighted by atomic mass is 9.91. The summed E-state index contributed by atoms with van der Waals surface area (Å²) in [6.07, 6.45) is 1.90. The number of aliphatic hydroxyl groups excluding tert-OH is 1. The quantitative estimate of drug-likeness (QED) is 0.407. The zero-order valence-corrected chi connectivity index (χ0v) is 19.0. The van der Waals surface area contributed by atoms with Crippen molar-refractivity contribution in [1.82, 2.24) is 10.5 Å². The van der Waals surface area contributed by atoms with Gasteiger partial charge >= 0.3 is 0 Å². The average Bonchev–Trinajstić information content (AvgIpc) is 2.76. The number of benzene rings is 1. The Kier molecular flexibility index (Phi) is 11.2. The van der Waals surface area contributed by atoms with Crippen molar-refractivity contribution in [3.63, 3.8) is 0 Å². The Balaban J connectivity index is 2.02. The number of hydrogen-bond acceptors (Lipinski definition) is 7. The maximum atomic E-state index is 13.4. The number of aryl methyl sites for hydroxylation is 1. The number of morpholine rings is 1. The maximum absolute atomic E-state index is 13.4. The van der Waals surface area contributed by atoms with Gasteiger partial charge in [0.05, 0.1) is 44.5 Å². The molecular formula is C23H38N2O6. The number of hydrogen-bond donors (Lipinski definition) is 3. The van der Waals surface area contributed by atoms with E-state index in [-0.39, 0.29) is 18.6 Å². The number of nitrogens with one attached hydrogen (secondary N) is 1. The lowest BCUT2D eigenvalue weighted by Gasteiger charge is -2.39. The highest BCUT2D eigenvalue weighted by molar-refractivity contribution is 5.80. The van der Waals surface area contributed by atoms with E-state index in [4.69, 9.17) is 19.5 Å². The molecule has 0 aliphatic carbocycles. The number of carbonyl (C=O) groups is 1. The van der Waals surface area contributed by atoms with E-state index in [1.54, 1.807) is 5.64 Å². The van der Waals surface area contributed by atoms with Crippen LogP contribution < -0.4 is 10.4 Å². The van der Waals surface area contributed by atoms with Crippen LogP contribution in [0.1, 0.15) is 45.6 Å². The molecule has 0 unspecified atom stereocenters. The first kappa shape index (κ1) is 25.5. The molecule has 1 aliphatic heterocycles. The van der Waals surface area contributed by atoms with Gasteiger partial charge in [-0.2, -0.15) is 0 Å². The number of nitrogens with zero attached hydrogens (tertiary/aromatic N) is 1. The fourth-order valence-electron chi connectivity index (χ4n) is 4.06. The van der Waals surface area contributed by atoms with Gasteiger partial charge in [0.25, 0.3) is 0 Å². The Labute approximate surface area is 185 Å². The molecule has 1 fully saturated rings. The molecule has 0 bridgehead atoms. The molecule has 8 heteroatoms. The molecular weight excluding hydrogens is 400 g/mol. The molecule has 1 aliphatic rings. The molecule has 0 radical (unpaired) electrons. The van der Waals surface area contributed by atoms with Crippen molar-refractivity contribution >= 4 is 5.91 Å². The van der Waals surface area contributed by atoms with Gasteiger partial charge in [0, 0.05) is 6.54 Å². The Morgan fingerprint density at radius 1 is 1.32 bits per heavy atom. The third kappa shape index (κ3) is 8.38. The van der Waals surface area contributed by atoms with Crippen LogP contribution in [0.3, 0.4) is 0 Å². The van der Waals surface area contributed by atoms with E-state index in [0.717, 1.165) is 30.6 Å². The molecule has 31 heavy (non-hydrogen) atoms. The van der Waals surface area contributed by atoms with Crippen LogP contribution in [0.2, 0.25) is 0 Å². The highest BCUT2D eigenvalue weighted by Crippen LogP contribution is 2.24. The van der Waals surface area contributed by atoms with Crippen LogP contribution >= 0.6 is 0 Å². The number of carbonyl (C=O) groups excluding carboxylic acids is 1. The van der Waals surface area contributed by atoms with Gasteiger partial charge in [0.15, 0.2) is 0 Å². The van der Waals surface area contributed by atoms with Crippen LogP contribution in [0.5, 0.6) is 5.75 Å². The summed E-state index contributed by atoms with van der Waals surface area (Å²) in [5.74, 6) is 0.595. The summed E-state index contributed by atoms with van der Waals surface area (Å²) in [4.78, 5) is 20.0. The Hall–Kier alpha value is -1.71. The number of aliphatic hydroxyl groups is 1. The zero-order valence-electron chi connectivity index (χ0n) is 19.0. The Bertz CT molecular complexity index is 639. The molecule has 1 heterocycles. The predicted octanol–water partition coefficient (Wildman–Crippen LogP) is 2.57. The van der Waals surface area contributed by atoms with E-state index in [0.29, 0.717) is 38.7 Å². The van der Waals surface area contributed by atoms with Crippen molar-refractivity contribution < 1.29 is 29.4 Å². The summed E-state index contributed by atoms with van der Waals surface area (Å²) in [7, 11) is 0. The fraction of sp³-hybridized carbons (Fsp3) is 0.696. The van der Waals surface area contributed by atoms with Gasteiger partial charge in [-0.3, -0.25) is 14.8 Å². The monoisotopic (exact) mass is 438 g/mol. The summed E-state index contributed by atoms with van der Waals surface area (Å²) in [5.41, 5.74) is 2.74. The molecule has 0 aromatic heterocycles. The zero-order chi connectivity index (χ0) is 22.6. The molecule has 8 nitrogen and oxygen atoms in total. The molecule has 176 valence electrons. The number of ether oxygens (including phenoxy) is 2. The van der Waals surface area contributed by atoms with Crippen LogP contribution in [0.15, 0.2) is 24.3 Å². The topological polar surface area (TPSA) is 100 Å². The third-order valence-corrected chi connectivity index (χ3v) is 5.57. The molecule has 0 saturated carbocycles. The Morgan fingerprint density at radius 2 is 2.06 bits per heavy atom. The first-order valence-electron chi connectivity index (χ1n) is 11.2. The van der Waals surface area contributed by atoms with Crippen LogP contribution in [-0.4, -0.2) is 66.2 Å². The highest BCUT2D eigenvalue weighted by atomic mass is 16.8. The standard InChI is InChI=1S/C23H38N2O6/c1-4-30-20-10-8-18(9-11-20)6-5-7-21(22(26)16-31-24-28)23(27)25-12-13-29-15-19(25)14-17(2)3/h8-11,17,19,21-22,24,26,28H,4-7,12-16H2,1-3H3/t19-,21+,22+/m0/s1. The normalized spacial score (nSPS) is 18.8.